The highest BCUT2D eigenvalue weighted by Gasteiger charge is 2.06. The summed E-state index contributed by atoms with van der Waals surface area (Å²) in [6.45, 7) is 1.67. The van der Waals surface area contributed by atoms with E-state index in [-0.39, 0.29) is 5.69 Å². The molecule has 0 spiro atoms. The maximum absolute atomic E-state index is 11.8. The van der Waals surface area contributed by atoms with Crippen molar-refractivity contribution in [3.63, 3.8) is 0 Å². The second-order valence-corrected chi connectivity index (χ2v) is 4.52. The van der Waals surface area contributed by atoms with Crippen LogP contribution in [0.1, 0.15) is 6.42 Å². The lowest BCUT2D eigenvalue weighted by Crippen LogP contribution is -2.20. The number of imidazole rings is 1. The number of nitrogens with one attached hydrogen (secondary N) is 1. The summed E-state index contributed by atoms with van der Waals surface area (Å²) in [4.78, 5) is 16.7. The number of hydrogen-bond acceptors (Lipinski definition) is 3. The highest BCUT2D eigenvalue weighted by molar-refractivity contribution is 5.78. The highest BCUT2D eigenvalue weighted by atomic mass is 16.1. The van der Waals surface area contributed by atoms with Gasteiger partial charge in [0.2, 0.25) is 0 Å². The lowest BCUT2D eigenvalue weighted by Gasteiger charge is -2.09. The van der Waals surface area contributed by atoms with Crippen molar-refractivity contribution in [2.45, 2.75) is 13.0 Å². The summed E-state index contributed by atoms with van der Waals surface area (Å²) in [6, 6.07) is 5.47. The van der Waals surface area contributed by atoms with Crippen molar-refractivity contribution in [1.82, 2.24) is 14.5 Å². The van der Waals surface area contributed by atoms with Crippen LogP contribution in [0.4, 0.5) is 5.69 Å². The van der Waals surface area contributed by atoms with Crippen LogP contribution in [0.25, 0.3) is 11.0 Å². The van der Waals surface area contributed by atoms with Crippen molar-refractivity contribution in [3.05, 3.63) is 28.7 Å². The van der Waals surface area contributed by atoms with Gasteiger partial charge in [-0.2, -0.15) is 0 Å². The summed E-state index contributed by atoms with van der Waals surface area (Å²) in [5.41, 5.74) is 8.08. The zero-order valence-electron chi connectivity index (χ0n) is 10.2. The van der Waals surface area contributed by atoms with E-state index in [9.17, 15) is 4.79 Å². The number of fused-ring (bicyclic) bond motifs is 1. The molecule has 92 valence electrons. The van der Waals surface area contributed by atoms with E-state index < -0.39 is 0 Å². The molecule has 0 atom stereocenters. The number of aromatic amines is 1. The van der Waals surface area contributed by atoms with E-state index in [1.54, 1.807) is 10.6 Å². The van der Waals surface area contributed by atoms with Gasteiger partial charge < -0.3 is 15.6 Å². The van der Waals surface area contributed by atoms with Gasteiger partial charge in [-0.1, -0.05) is 0 Å². The van der Waals surface area contributed by atoms with Gasteiger partial charge in [0.05, 0.1) is 11.0 Å². The molecular weight excluding hydrogens is 216 g/mol. The highest BCUT2D eigenvalue weighted by Crippen LogP contribution is 2.14. The van der Waals surface area contributed by atoms with E-state index in [4.69, 9.17) is 5.73 Å². The van der Waals surface area contributed by atoms with Gasteiger partial charge in [-0.25, -0.2) is 4.79 Å². The largest absolute Gasteiger partial charge is 0.399 e. The van der Waals surface area contributed by atoms with Crippen molar-refractivity contribution in [1.29, 1.82) is 0 Å². The Kier molecular flexibility index (Phi) is 3.19. The molecule has 0 bridgehead atoms. The molecule has 17 heavy (non-hydrogen) atoms. The quantitative estimate of drug-likeness (QED) is 0.771. The van der Waals surface area contributed by atoms with Crippen LogP contribution in [0.2, 0.25) is 0 Å². The van der Waals surface area contributed by atoms with Crippen molar-refractivity contribution in [2.75, 3.05) is 26.4 Å². The molecule has 5 nitrogen and oxygen atoms in total. The lowest BCUT2D eigenvalue weighted by atomic mass is 10.3. The molecule has 5 heteroatoms. The number of hydrogen-bond donors (Lipinski definition) is 2. The normalized spacial score (nSPS) is 11.5. The van der Waals surface area contributed by atoms with Gasteiger partial charge in [0, 0.05) is 12.2 Å². The molecule has 0 aliphatic heterocycles. The number of H-pyrrole nitrogens is 1. The maximum atomic E-state index is 11.8. The number of nitrogens with two attached hydrogens (primary N) is 1. The third-order valence-electron chi connectivity index (χ3n) is 2.79. The smallest absolute Gasteiger partial charge is 0.326 e. The van der Waals surface area contributed by atoms with Crippen LogP contribution < -0.4 is 11.4 Å². The Morgan fingerprint density at radius 1 is 1.41 bits per heavy atom. The third-order valence-corrected chi connectivity index (χ3v) is 2.79. The summed E-state index contributed by atoms with van der Waals surface area (Å²) < 4.78 is 1.75. The first-order chi connectivity index (χ1) is 8.08. The van der Waals surface area contributed by atoms with Gasteiger partial charge in [-0.3, -0.25) is 4.57 Å². The van der Waals surface area contributed by atoms with E-state index in [1.165, 1.54) is 0 Å². The molecule has 1 aromatic heterocycles. The first kappa shape index (κ1) is 11.7. The fraction of sp³-hybridized carbons (Fsp3) is 0.417. The second-order valence-electron chi connectivity index (χ2n) is 4.52. The number of anilines is 1. The fourth-order valence-corrected chi connectivity index (χ4v) is 1.94. The zero-order chi connectivity index (χ0) is 12.4. The molecular formula is C12H18N4O. The lowest BCUT2D eigenvalue weighted by molar-refractivity contribution is 0.386. The average molecular weight is 234 g/mol. The van der Waals surface area contributed by atoms with Gasteiger partial charge in [0.1, 0.15) is 0 Å². The van der Waals surface area contributed by atoms with Gasteiger partial charge >= 0.3 is 5.69 Å². The predicted molar refractivity (Wildman–Crippen MR) is 70.1 cm³/mol. The van der Waals surface area contributed by atoms with Gasteiger partial charge in [0.25, 0.3) is 0 Å². The minimum absolute atomic E-state index is 0.0654. The summed E-state index contributed by atoms with van der Waals surface area (Å²) >= 11 is 0. The number of nitrogens with zero attached hydrogens (tertiary/aromatic N) is 2. The van der Waals surface area contributed by atoms with E-state index >= 15 is 0 Å². The summed E-state index contributed by atoms with van der Waals surface area (Å²) in [6.07, 6.45) is 0.939. The minimum atomic E-state index is -0.0654. The predicted octanol–water partition coefficient (Wildman–Crippen LogP) is 0.863. The molecule has 0 amide bonds. The summed E-state index contributed by atoms with van der Waals surface area (Å²) in [7, 11) is 4.05. The van der Waals surface area contributed by atoms with Crippen LogP contribution >= 0.6 is 0 Å². The Bertz CT molecular complexity index is 567. The second kappa shape index (κ2) is 4.63. The molecule has 0 saturated carbocycles. The Labute approximate surface area is 99.8 Å². The van der Waals surface area contributed by atoms with Crippen molar-refractivity contribution < 1.29 is 0 Å². The van der Waals surface area contributed by atoms with Crippen molar-refractivity contribution in [2.24, 2.45) is 0 Å². The van der Waals surface area contributed by atoms with Gasteiger partial charge in [0.15, 0.2) is 0 Å². The Morgan fingerprint density at radius 2 is 2.18 bits per heavy atom. The van der Waals surface area contributed by atoms with Crippen LogP contribution in [0.15, 0.2) is 23.0 Å². The number of rotatable bonds is 4. The molecule has 2 aromatic rings. The molecule has 0 fully saturated rings. The minimum Gasteiger partial charge on any atom is -0.399 e. The van der Waals surface area contributed by atoms with Crippen LogP contribution in [-0.2, 0) is 6.54 Å². The molecule has 0 saturated heterocycles. The molecule has 3 N–H and O–H groups in total. The first-order valence-corrected chi connectivity index (χ1v) is 5.70. The summed E-state index contributed by atoms with van der Waals surface area (Å²) in [5, 5.41) is 0. The van der Waals surface area contributed by atoms with E-state index in [1.807, 2.05) is 26.2 Å². The van der Waals surface area contributed by atoms with Crippen LogP contribution in [0.3, 0.4) is 0 Å². The van der Waals surface area contributed by atoms with E-state index in [2.05, 4.69) is 9.88 Å². The number of aryl methyl sites for hydroxylation is 1. The SMILES string of the molecule is CN(C)CCCn1c(=O)[nH]c2ccc(N)cc21. The van der Waals surface area contributed by atoms with Crippen LogP contribution in [-0.4, -0.2) is 35.1 Å². The molecule has 0 radical (unpaired) electrons. The number of aromatic nitrogens is 2. The Hall–Kier alpha value is -1.75. The van der Waals surface area contributed by atoms with Crippen molar-refractivity contribution >= 4 is 16.7 Å². The molecule has 1 aromatic carbocycles. The van der Waals surface area contributed by atoms with E-state index in [0.29, 0.717) is 12.2 Å². The monoisotopic (exact) mass is 234 g/mol. The summed E-state index contributed by atoms with van der Waals surface area (Å²) in [5.74, 6) is 0. The Balaban J connectivity index is 2.29. The first-order valence-electron chi connectivity index (χ1n) is 5.70. The van der Waals surface area contributed by atoms with Crippen molar-refractivity contribution in [3.8, 4) is 0 Å². The fourth-order valence-electron chi connectivity index (χ4n) is 1.94. The number of benzene rings is 1. The molecule has 2 rings (SSSR count). The standard InChI is InChI=1S/C12H18N4O/c1-15(2)6-3-7-16-11-8-9(13)4-5-10(11)14-12(16)17/h4-5,8H,3,6-7,13H2,1-2H3,(H,14,17). The Morgan fingerprint density at radius 3 is 2.88 bits per heavy atom. The molecule has 0 aliphatic rings. The van der Waals surface area contributed by atoms with Gasteiger partial charge in [-0.15, -0.1) is 0 Å². The van der Waals surface area contributed by atoms with Gasteiger partial charge in [-0.05, 0) is 45.3 Å². The third kappa shape index (κ3) is 2.50. The molecule has 0 aliphatic carbocycles. The molecule has 0 unspecified atom stereocenters. The number of nitrogen functional groups attached to an aromatic ring is 1. The van der Waals surface area contributed by atoms with Crippen LogP contribution in [0.5, 0.6) is 0 Å². The topological polar surface area (TPSA) is 67.0 Å². The average Bonchev–Trinajstić information content (AvgIpc) is 2.55. The molecule has 1 heterocycles. The van der Waals surface area contributed by atoms with Crippen LogP contribution in [0, 0.1) is 0 Å². The zero-order valence-corrected chi connectivity index (χ0v) is 10.2. The van der Waals surface area contributed by atoms with E-state index in [0.717, 1.165) is 24.0 Å². The maximum Gasteiger partial charge on any atom is 0.326 e.